The highest BCUT2D eigenvalue weighted by Crippen LogP contribution is 2.32. The molecule has 7 nitrogen and oxygen atoms in total. The Hall–Kier alpha value is -2.18. The monoisotopic (exact) mass is 346 g/mol. The summed E-state index contributed by atoms with van der Waals surface area (Å²) in [5.74, 6) is 0.903. The molecule has 3 rings (SSSR count). The van der Waals surface area contributed by atoms with Crippen molar-refractivity contribution >= 4 is 11.8 Å². The maximum Gasteiger partial charge on any atom is 0.347 e. The van der Waals surface area contributed by atoms with E-state index in [9.17, 15) is 14.4 Å². The van der Waals surface area contributed by atoms with Crippen LogP contribution in [0.15, 0.2) is 23.3 Å². The number of amides is 2. The van der Waals surface area contributed by atoms with Crippen molar-refractivity contribution in [3.63, 3.8) is 0 Å². The Kier molecular flexibility index (Phi) is 5.20. The fourth-order valence-electron chi connectivity index (χ4n) is 3.34. The molecule has 2 fully saturated rings. The van der Waals surface area contributed by atoms with Crippen molar-refractivity contribution in [2.45, 2.75) is 45.7 Å². The fraction of sp³-hybridized carbons (Fsp3) is 0.667. The van der Waals surface area contributed by atoms with Crippen molar-refractivity contribution in [3.05, 3.63) is 28.9 Å². The van der Waals surface area contributed by atoms with Crippen LogP contribution in [0.1, 0.15) is 33.1 Å². The van der Waals surface area contributed by atoms with Gasteiger partial charge in [0.2, 0.25) is 11.8 Å². The van der Waals surface area contributed by atoms with Gasteiger partial charge in [-0.05, 0) is 30.7 Å². The predicted molar refractivity (Wildman–Crippen MR) is 92.8 cm³/mol. The molecule has 1 saturated carbocycles. The molecule has 1 aromatic heterocycles. The van der Waals surface area contributed by atoms with Crippen LogP contribution in [0, 0.1) is 11.8 Å². The van der Waals surface area contributed by atoms with Crippen LogP contribution in [0.4, 0.5) is 0 Å². The number of carbonyl (C=O) groups is 2. The van der Waals surface area contributed by atoms with E-state index in [1.54, 1.807) is 17.2 Å². The average molecular weight is 346 g/mol. The van der Waals surface area contributed by atoms with E-state index < -0.39 is 5.69 Å². The van der Waals surface area contributed by atoms with Gasteiger partial charge in [-0.2, -0.15) is 0 Å². The zero-order chi connectivity index (χ0) is 18.0. The molecule has 0 aromatic carbocycles. The van der Waals surface area contributed by atoms with E-state index in [0.717, 1.165) is 6.54 Å². The van der Waals surface area contributed by atoms with Crippen molar-refractivity contribution in [1.29, 1.82) is 0 Å². The first kappa shape index (κ1) is 17.6. The highest BCUT2D eigenvalue weighted by atomic mass is 16.2. The Bertz CT molecular complexity index is 696. The second kappa shape index (κ2) is 7.37. The van der Waals surface area contributed by atoms with Crippen LogP contribution in [0.5, 0.6) is 0 Å². The van der Waals surface area contributed by atoms with Gasteiger partial charge in [-0.3, -0.25) is 14.2 Å². The number of hydrogen-bond acceptors (Lipinski definition) is 4. The number of hydrogen-bond donors (Lipinski definition) is 0. The Morgan fingerprint density at radius 2 is 2.08 bits per heavy atom. The van der Waals surface area contributed by atoms with Gasteiger partial charge in [-0.1, -0.05) is 13.8 Å². The SMILES string of the molecule is CC(C)[C@H]1CN(C(=O)Cn2cccnc2=O)CCC(=O)N1CC1CC1. The Labute approximate surface area is 147 Å². The molecule has 0 bridgehead atoms. The number of aromatic nitrogens is 2. The van der Waals surface area contributed by atoms with Crippen molar-refractivity contribution in [3.8, 4) is 0 Å². The number of rotatable bonds is 5. The van der Waals surface area contributed by atoms with Crippen LogP contribution < -0.4 is 5.69 Å². The maximum absolute atomic E-state index is 12.7. The molecule has 1 saturated heterocycles. The van der Waals surface area contributed by atoms with Crippen LogP contribution in [0.3, 0.4) is 0 Å². The molecule has 25 heavy (non-hydrogen) atoms. The second-order valence-corrected chi connectivity index (χ2v) is 7.42. The van der Waals surface area contributed by atoms with Crippen molar-refractivity contribution in [1.82, 2.24) is 19.4 Å². The molecule has 2 aliphatic rings. The summed E-state index contributed by atoms with van der Waals surface area (Å²) in [6.07, 6.45) is 5.72. The molecule has 0 N–H and O–H groups in total. The largest absolute Gasteiger partial charge is 0.347 e. The molecule has 2 heterocycles. The van der Waals surface area contributed by atoms with Gasteiger partial charge in [0.25, 0.3) is 0 Å². The van der Waals surface area contributed by atoms with Crippen LogP contribution in [0.2, 0.25) is 0 Å². The van der Waals surface area contributed by atoms with Crippen LogP contribution in [-0.2, 0) is 16.1 Å². The zero-order valence-corrected chi connectivity index (χ0v) is 14.9. The second-order valence-electron chi connectivity index (χ2n) is 7.42. The highest BCUT2D eigenvalue weighted by molar-refractivity contribution is 5.80. The molecule has 1 aliphatic carbocycles. The van der Waals surface area contributed by atoms with Gasteiger partial charge in [0.05, 0.1) is 6.04 Å². The van der Waals surface area contributed by atoms with Gasteiger partial charge in [0, 0.05) is 38.4 Å². The summed E-state index contributed by atoms with van der Waals surface area (Å²) in [4.78, 5) is 44.4. The van der Waals surface area contributed by atoms with Crippen LogP contribution in [-0.4, -0.2) is 56.8 Å². The average Bonchev–Trinajstić information content (AvgIpc) is 3.39. The summed E-state index contributed by atoms with van der Waals surface area (Å²) >= 11 is 0. The molecule has 136 valence electrons. The van der Waals surface area contributed by atoms with E-state index in [1.165, 1.54) is 23.6 Å². The van der Waals surface area contributed by atoms with E-state index in [0.29, 0.717) is 25.4 Å². The smallest absolute Gasteiger partial charge is 0.339 e. The number of carbonyl (C=O) groups excluding carboxylic acids is 2. The Morgan fingerprint density at radius 3 is 2.72 bits per heavy atom. The third kappa shape index (κ3) is 4.27. The van der Waals surface area contributed by atoms with E-state index in [2.05, 4.69) is 18.8 Å². The quantitative estimate of drug-likeness (QED) is 0.788. The zero-order valence-electron chi connectivity index (χ0n) is 14.9. The maximum atomic E-state index is 12.7. The molecule has 0 radical (unpaired) electrons. The van der Waals surface area contributed by atoms with Crippen molar-refractivity contribution < 1.29 is 9.59 Å². The van der Waals surface area contributed by atoms with Crippen molar-refractivity contribution in [2.24, 2.45) is 11.8 Å². The molecule has 7 heteroatoms. The molecular weight excluding hydrogens is 320 g/mol. The summed E-state index contributed by atoms with van der Waals surface area (Å²) in [5.41, 5.74) is -0.433. The number of nitrogens with zero attached hydrogens (tertiary/aromatic N) is 4. The van der Waals surface area contributed by atoms with Gasteiger partial charge >= 0.3 is 5.69 Å². The van der Waals surface area contributed by atoms with Gasteiger partial charge in [-0.15, -0.1) is 0 Å². The minimum atomic E-state index is -0.433. The lowest BCUT2D eigenvalue weighted by Crippen LogP contribution is -2.48. The first-order chi connectivity index (χ1) is 12.0. The summed E-state index contributed by atoms with van der Waals surface area (Å²) < 4.78 is 1.31. The predicted octanol–water partition coefficient (Wildman–Crippen LogP) is 0.739. The molecule has 1 aromatic rings. The van der Waals surface area contributed by atoms with Crippen LogP contribution in [0.25, 0.3) is 0 Å². The summed E-state index contributed by atoms with van der Waals surface area (Å²) in [6, 6.07) is 1.67. The van der Waals surface area contributed by atoms with Gasteiger partial charge < -0.3 is 9.80 Å². The summed E-state index contributed by atoms with van der Waals surface area (Å²) in [6.45, 7) is 5.91. The molecule has 0 unspecified atom stereocenters. The minimum Gasteiger partial charge on any atom is -0.339 e. The first-order valence-electron chi connectivity index (χ1n) is 9.04. The van der Waals surface area contributed by atoms with E-state index in [-0.39, 0.29) is 30.3 Å². The third-order valence-corrected chi connectivity index (χ3v) is 5.09. The first-order valence-corrected chi connectivity index (χ1v) is 9.04. The highest BCUT2D eigenvalue weighted by Gasteiger charge is 2.36. The topological polar surface area (TPSA) is 75.5 Å². The lowest BCUT2D eigenvalue weighted by atomic mass is 10.0. The van der Waals surface area contributed by atoms with Gasteiger partial charge in [-0.25, -0.2) is 9.78 Å². The lowest BCUT2D eigenvalue weighted by Gasteiger charge is -2.34. The standard InChI is InChI=1S/C18H26N4O3/c1-13(2)15-11-20(9-6-16(23)22(15)10-14-4-5-14)17(24)12-21-8-3-7-19-18(21)25/h3,7-8,13-15H,4-6,9-12H2,1-2H3/t15-/m1/s1. The molecule has 1 atom stereocenters. The van der Waals surface area contributed by atoms with Gasteiger partial charge in [0.1, 0.15) is 6.54 Å². The molecule has 0 spiro atoms. The Balaban J connectivity index is 1.73. The van der Waals surface area contributed by atoms with Crippen molar-refractivity contribution in [2.75, 3.05) is 19.6 Å². The Morgan fingerprint density at radius 1 is 1.32 bits per heavy atom. The fourth-order valence-corrected chi connectivity index (χ4v) is 3.34. The van der Waals surface area contributed by atoms with Crippen LogP contribution >= 0.6 is 0 Å². The van der Waals surface area contributed by atoms with E-state index in [1.807, 2.05) is 4.90 Å². The normalized spacial score (nSPS) is 21.6. The van der Waals surface area contributed by atoms with Gasteiger partial charge in [0.15, 0.2) is 0 Å². The molecular formula is C18H26N4O3. The third-order valence-electron chi connectivity index (χ3n) is 5.09. The lowest BCUT2D eigenvalue weighted by molar-refractivity contribution is -0.134. The van der Waals surface area contributed by atoms with E-state index in [4.69, 9.17) is 0 Å². The minimum absolute atomic E-state index is 0.0326. The summed E-state index contributed by atoms with van der Waals surface area (Å²) in [5, 5.41) is 0. The molecule has 2 amide bonds. The van der Waals surface area contributed by atoms with E-state index >= 15 is 0 Å². The molecule has 1 aliphatic heterocycles. The summed E-state index contributed by atoms with van der Waals surface area (Å²) in [7, 11) is 0.